The molecule has 1 fully saturated rings. The Morgan fingerprint density at radius 3 is 2.43 bits per heavy atom. The second kappa shape index (κ2) is 10.0. The largest absolute Gasteiger partial charge is 0.497 e. The summed E-state index contributed by atoms with van der Waals surface area (Å²) in [4.78, 5) is 12.9. The van der Waals surface area contributed by atoms with Crippen LogP contribution in [-0.4, -0.2) is 46.5 Å². The molecule has 6 nitrogen and oxygen atoms in total. The van der Waals surface area contributed by atoms with Crippen molar-refractivity contribution in [3.05, 3.63) is 52.5 Å². The third kappa shape index (κ3) is 4.82. The fourth-order valence-electron chi connectivity index (χ4n) is 3.76. The average Bonchev–Trinajstić information content (AvgIpc) is 2.79. The molecule has 1 aliphatic rings. The zero-order chi connectivity index (χ0) is 21.6. The highest BCUT2D eigenvalue weighted by Gasteiger charge is 2.35. The third-order valence-electron chi connectivity index (χ3n) is 5.52. The van der Waals surface area contributed by atoms with Gasteiger partial charge in [0.2, 0.25) is 0 Å². The van der Waals surface area contributed by atoms with Gasteiger partial charge in [0.1, 0.15) is 5.75 Å². The highest BCUT2D eigenvalue weighted by molar-refractivity contribution is 6.32. The minimum Gasteiger partial charge on any atom is -0.497 e. The van der Waals surface area contributed by atoms with E-state index in [2.05, 4.69) is 17.4 Å². The molecule has 0 unspecified atom stereocenters. The quantitative estimate of drug-likeness (QED) is 0.674. The smallest absolute Gasteiger partial charge is 0.251 e. The number of amides is 1. The first-order chi connectivity index (χ1) is 14.5. The number of nitrogens with one attached hydrogen (secondary N) is 1. The van der Waals surface area contributed by atoms with Gasteiger partial charge in [0.05, 0.1) is 25.8 Å². The normalized spacial score (nSPS) is 15.3. The Balaban J connectivity index is 1.80. The first kappa shape index (κ1) is 22.2. The van der Waals surface area contributed by atoms with Crippen molar-refractivity contribution in [1.29, 1.82) is 0 Å². The SMILES string of the molecule is CCOc1c(Cl)cc(C(=O)NCC2(c3ccc(OC)cc3)CCOCC2)cc1OC. The van der Waals surface area contributed by atoms with Crippen LogP contribution in [0.1, 0.15) is 35.7 Å². The molecule has 1 heterocycles. The fraction of sp³-hybridized carbons (Fsp3) is 0.435. The summed E-state index contributed by atoms with van der Waals surface area (Å²) in [6.07, 6.45) is 1.65. The molecule has 0 aromatic heterocycles. The van der Waals surface area contributed by atoms with Crippen LogP contribution in [0.5, 0.6) is 17.2 Å². The summed E-state index contributed by atoms with van der Waals surface area (Å²) < 4.78 is 21.7. The number of carbonyl (C=O) groups excluding carboxylic acids is 1. The maximum absolute atomic E-state index is 12.9. The highest BCUT2D eigenvalue weighted by atomic mass is 35.5. The topological polar surface area (TPSA) is 66.0 Å². The lowest BCUT2D eigenvalue weighted by molar-refractivity contribution is 0.0487. The number of carbonyl (C=O) groups is 1. The van der Waals surface area contributed by atoms with Crippen LogP contribution < -0.4 is 19.5 Å². The Hall–Kier alpha value is -2.44. The molecule has 1 saturated heterocycles. The van der Waals surface area contributed by atoms with E-state index in [9.17, 15) is 4.79 Å². The van der Waals surface area contributed by atoms with E-state index in [1.807, 2.05) is 19.1 Å². The summed E-state index contributed by atoms with van der Waals surface area (Å²) in [5, 5.41) is 3.43. The molecule has 30 heavy (non-hydrogen) atoms. The molecule has 2 aromatic rings. The van der Waals surface area contributed by atoms with E-state index >= 15 is 0 Å². The van der Waals surface area contributed by atoms with Gasteiger partial charge in [-0.15, -0.1) is 0 Å². The van der Waals surface area contributed by atoms with Gasteiger partial charge in [-0.3, -0.25) is 4.79 Å². The van der Waals surface area contributed by atoms with Gasteiger partial charge < -0.3 is 24.3 Å². The third-order valence-corrected chi connectivity index (χ3v) is 5.80. The lowest BCUT2D eigenvalue weighted by Crippen LogP contribution is -2.44. The Kier molecular flexibility index (Phi) is 7.45. The van der Waals surface area contributed by atoms with E-state index in [-0.39, 0.29) is 11.3 Å². The number of benzene rings is 2. The molecule has 0 saturated carbocycles. The summed E-state index contributed by atoms with van der Waals surface area (Å²) >= 11 is 6.32. The number of hydrogen-bond donors (Lipinski definition) is 1. The molecule has 7 heteroatoms. The number of methoxy groups -OCH3 is 2. The minimum absolute atomic E-state index is 0.195. The molecule has 1 N–H and O–H groups in total. The monoisotopic (exact) mass is 433 g/mol. The van der Waals surface area contributed by atoms with Gasteiger partial charge in [-0.2, -0.15) is 0 Å². The van der Waals surface area contributed by atoms with Crippen molar-refractivity contribution in [3.63, 3.8) is 0 Å². The van der Waals surface area contributed by atoms with Crippen molar-refractivity contribution in [2.24, 2.45) is 0 Å². The minimum atomic E-state index is -0.211. The van der Waals surface area contributed by atoms with Crippen LogP contribution in [0.4, 0.5) is 0 Å². The predicted octanol–water partition coefficient (Wildman–Crippen LogP) is 4.23. The zero-order valence-electron chi connectivity index (χ0n) is 17.6. The molecule has 162 valence electrons. The van der Waals surface area contributed by atoms with Crippen molar-refractivity contribution in [1.82, 2.24) is 5.32 Å². The van der Waals surface area contributed by atoms with E-state index in [0.717, 1.165) is 24.2 Å². The second-order valence-corrected chi connectivity index (χ2v) is 7.63. The van der Waals surface area contributed by atoms with E-state index in [1.54, 1.807) is 19.2 Å². The lowest BCUT2D eigenvalue weighted by atomic mass is 9.74. The number of halogens is 1. The van der Waals surface area contributed by atoms with Crippen molar-refractivity contribution >= 4 is 17.5 Å². The Morgan fingerprint density at radius 2 is 1.83 bits per heavy atom. The van der Waals surface area contributed by atoms with Crippen LogP contribution in [0.3, 0.4) is 0 Å². The standard InChI is InChI=1S/C23H28ClNO5/c1-4-30-21-19(24)13-16(14-20(21)28-3)22(26)25-15-23(9-11-29-12-10-23)17-5-7-18(27-2)8-6-17/h5-8,13-14H,4,9-12,15H2,1-3H3,(H,25,26). The number of ether oxygens (including phenoxy) is 4. The molecule has 0 radical (unpaired) electrons. The maximum atomic E-state index is 12.9. The maximum Gasteiger partial charge on any atom is 0.251 e. The first-order valence-electron chi connectivity index (χ1n) is 10.0. The molecule has 0 atom stereocenters. The van der Waals surface area contributed by atoms with Crippen LogP contribution in [0.15, 0.2) is 36.4 Å². The van der Waals surface area contributed by atoms with Gasteiger partial charge in [-0.25, -0.2) is 0 Å². The van der Waals surface area contributed by atoms with E-state index in [1.165, 1.54) is 7.11 Å². The second-order valence-electron chi connectivity index (χ2n) is 7.23. The Morgan fingerprint density at radius 1 is 1.13 bits per heavy atom. The molecule has 1 aliphatic heterocycles. The van der Waals surface area contributed by atoms with Gasteiger partial charge in [-0.05, 0) is 49.6 Å². The summed E-state index contributed by atoms with van der Waals surface area (Å²) in [5.74, 6) is 1.47. The van der Waals surface area contributed by atoms with Crippen LogP contribution in [0, 0.1) is 0 Å². The van der Waals surface area contributed by atoms with E-state index in [0.29, 0.717) is 48.5 Å². The molecular formula is C23H28ClNO5. The predicted molar refractivity (Wildman–Crippen MR) is 116 cm³/mol. The Labute approximate surface area is 182 Å². The first-order valence-corrected chi connectivity index (χ1v) is 10.4. The van der Waals surface area contributed by atoms with Gasteiger partial charge in [0.15, 0.2) is 11.5 Å². The van der Waals surface area contributed by atoms with Crippen molar-refractivity contribution in [2.45, 2.75) is 25.2 Å². The fourth-order valence-corrected chi connectivity index (χ4v) is 4.03. The van der Waals surface area contributed by atoms with E-state index < -0.39 is 0 Å². The van der Waals surface area contributed by atoms with Gasteiger partial charge in [-0.1, -0.05) is 23.7 Å². The summed E-state index contributed by atoms with van der Waals surface area (Å²) in [6, 6.07) is 11.3. The summed E-state index contributed by atoms with van der Waals surface area (Å²) in [6.45, 7) is 4.13. The molecular weight excluding hydrogens is 406 g/mol. The summed E-state index contributed by atoms with van der Waals surface area (Å²) in [5.41, 5.74) is 1.39. The summed E-state index contributed by atoms with van der Waals surface area (Å²) in [7, 11) is 3.17. The number of rotatable bonds is 8. The van der Waals surface area contributed by atoms with Crippen LogP contribution in [-0.2, 0) is 10.2 Å². The van der Waals surface area contributed by atoms with Crippen molar-refractivity contribution in [3.8, 4) is 17.2 Å². The van der Waals surface area contributed by atoms with Gasteiger partial charge in [0.25, 0.3) is 5.91 Å². The molecule has 0 aliphatic carbocycles. The molecule has 1 amide bonds. The molecule has 2 aromatic carbocycles. The molecule has 0 bridgehead atoms. The average molecular weight is 434 g/mol. The number of hydrogen-bond acceptors (Lipinski definition) is 5. The van der Waals surface area contributed by atoms with Crippen LogP contribution in [0.2, 0.25) is 5.02 Å². The Bertz CT molecular complexity index is 863. The van der Waals surface area contributed by atoms with Crippen molar-refractivity contribution in [2.75, 3.05) is 40.6 Å². The van der Waals surface area contributed by atoms with Gasteiger partial charge >= 0.3 is 0 Å². The zero-order valence-corrected chi connectivity index (χ0v) is 18.4. The highest BCUT2D eigenvalue weighted by Crippen LogP contribution is 2.37. The van der Waals surface area contributed by atoms with Crippen molar-refractivity contribution < 1.29 is 23.7 Å². The molecule has 3 rings (SSSR count). The van der Waals surface area contributed by atoms with Crippen LogP contribution >= 0.6 is 11.6 Å². The van der Waals surface area contributed by atoms with E-state index in [4.69, 9.17) is 30.5 Å². The molecule has 0 spiro atoms. The van der Waals surface area contributed by atoms with Gasteiger partial charge in [0, 0.05) is 30.7 Å². The lowest BCUT2D eigenvalue weighted by Gasteiger charge is -2.38. The van der Waals surface area contributed by atoms with Crippen LogP contribution in [0.25, 0.3) is 0 Å².